The maximum atomic E-state index is 11.5. The van der Waals surface area contributed by atoms with Crippen molar-refractivity contribution in [2.45, 2.75) is 89.4 Å². The van der Waals surface area contributed by atoms with Gasteiger partial charge in [-0.3, -0.25) is 14.1 Å². The molecule has 0 unspecified atom stereocenters. The molecule has 0 saturated heterocycles. The van der Waals surface area contributed by atoms with Crippen LogP contribution in [0.5, 0.6) is 5.75 Å². The number of carbonyl (C=O) groups excluding carboxylic acids is 2. The molecule has 1 aromatic rings. The van der Waals surface area contributed by atoms with E-state index in [1.807, 2.05) is 6.92 Å². The molecule has 0 radical (unpaired) electrons. The minimum Gasteiger partial charge on any atom is -0.425 e. The molecule has 0 bridgehead atoms. The van der Waals surface area contributed by atoms with Gasteiger partial charge >= 0.3 is 5.97 Å². The van der Waals surface area contributed by atoms with Gasteiger partial charge in [-0.25, -0.2) is 0 Å². The first-order valence-electron chi connectivity index (χ1n) is 10.3. The lowest BCUT2D eigenvalue weighted by molar-refractivity contribution is -0.134. The van der Waals surface area contributed by atoms with E-state index < -0.39 is 21.0 Å². The van der Waals surface area contributed by atoms with E-state index in [1.165, 1.54) is 49.9 Å². The van der Waals surface area contributed by atoms with Crippen molar-refractivity contribution in [3.05, 3.63) is 24.3 Å². The quantitative estimate of drug-likeness (QED) is 0.204. The van der Waals surface area contributed by atoms with Crippen LogP contribution in [0.15, 0.2) is 29.2 Å². The van der Waals surface area contributed by atoms with Crippen LogP contribution in [0.2, 0.25) is 0 Å². The summed E-state index contributed by atoms with van der Waals surface area (Å²) in [5.74, 6) is -0.804. The lowest BCUT2D eigenvalue weighted by Crippen LogP contribution is -2.10. The highest BCUT2D eigenvalue weighted by molar-refractivity contribution is 7.86. The topological polar surface area (TPSA) is 124 Å². The molecule has 0 atom stereocenters. The number of para-hydroxylation sites is 1. The molecule has 0 aliphatic rings. The van der Waals surface area contributed by atoms with Crippen LogP contribution in [0.1, 0.15) is 84.5 Å². The Labute approximate surface area is 174 Å². The molecular formula is C21H35NO6S. The summed E-state index contributed by atoms with van der Waals surface area (Å²) in [6.45, 7) is 4.21. The highest BCUT2D eigenvalue weighted by Gasteiger charge is 2.17. The number of primary amides is 1. The number of amides is 1. The van der Waals surface area contributed by atoms with Crippen molar-refractivity contribution < 1.29 is 27.3 Å². The fraction of sp³-hybridized carbons (Fsp3) is 0.619. The van der Waals surface area contributed by atoms with Gasteiger partial charge in [0.25, 0.3) is 10.1 Å². The molecule has 7 nitrogen and oxygen atoms in total. The maximum Gasteiger partial charge on any atom is 0.311 e. The molecule has 1 aromatic carbocycles. The fourth-order valence-electron chi connectivity index (χ4n) is 2.52. The molecule has 0 aliphatic heterocycles. The van der Waals surface area contributed by atoms with E-state index in [0.717, 1.165) is 25.7 Å². The van der Waals surface area contributed by atoms with E-state index in [-0.39, 0.29) is 18.1 Å². The molecule has 0 spiro atoms. The first kappa shape index (κ1) is 27.1. The molecular weight excluding hydrogens is 394 g/mol. The molecule has 8 heteroatoms. The van der Waals surface area contributed by atoms with Gasteiger partial charge in [-0.1, -0.05) is 70.9 Å². The predicted molar refractivity (Wildman–Crippen MR) is 113 cm³/mol. The lowest BCUT2D eigenvalue weighted by atomic mass is 10.1. The highest BCUT2D eigenvalue weighted by Crippen LogP contribution is 2.23. The Hall–Kier alpha value is -1.93. The molecule has 0 saturated carbocycles. The number of esters is 1. The van der Waals surface area contributed by atoms with Crippen LogP contribution in [-0.4, -0.2) is 24.8 Å². The summed E-state index contributed by atoms with van der Waals surface area (Å²) >= 11 is 0. The Balaban J connectivity index is 0.000000614. The summed E-state index contributed by atoms with van der Waals surface area (Å²) in [6.07, 6.45) is 10.7. The monoisotopic (exact) mass is 429 g/mol. The van der Waals surface area contributed by atoms with Crippen molar-refractivity contribution in [1.82, 2.24) is 0 Å². The van der Waals surface area contributed by atoms with E-state index in [1.54, 1.807) is 0 Å². The molecule has 0 aliphatic carbocycles. The maximum absolute atomic E-state index is 11.5. The Morgan fingerprint density at radius 3 is 2.00 bits per heavy atom. The Morgan fingerprint density at radius 2 is 1.41 bits per heavy atom. The SMILES string of the molecule is CCCCCC(=O)Oc1ccccc1S(=O)(=O)O.CCCCCCCCC(N)=O. The summed E-state index contributed by atoms with van der Waals surface area (Å²) in [6, 6.07) is 5.49. The molecule has 1 rings (SSSR count). The number of hydrogen-bond acceptors (Lipinski definition) is 5. The Bertz CT molecular complexity index is 703. The van der Waals surface area contributed by atoms with Crippen LogP contribution in [0.3, 0.4) is 0 Å². The molecule has 0 fully saturated rings. The van der Waals surface area contributed by atoms with Gasteiger partial charge in [-0.2, -0.15) is 8.42 Å². The normalized spacial score (nSPS) is 10.7. The van der Waals surface area contributed by atoms with Gasteiger partial charge in [-0.15, -0.1) is 0 Å². The van der Waals surface area contributed by atoms with Crippen molar-refractivity contribution in [2.24, 2.45) is 5.73 Å². The zero-order valence-electron chi connectivity index (χ0n) is 17.6. The number of benzene rings is 1. The van der Waals surface area contributed by atoms with Gasteiger partial charge in [0.15, 0.2) is 5.75 Å². The third kappa shape index (κ3) is 14.7. The summed E-state index contributed by atoms with van der Waals surface area (Å²) < 4.78 is 36.0. The van der Waals surface area contributed by atoms with E-state index in [2.05, 4.69) is 6.92 Å². The third-order valence-corrected chi connectivity index (χ3v) is 5.01. The zero-order chi connectivity index (χ0) is 22.1. The van der Waals surface area contributed by atoms with Crippen molar-refractivity contribution in [3.63, 3.8) is 0 Å². The summed E-state index contributed by atoms with van der Waals surface area (Å²) in [7, 11) is -4.38. The number of unbranched alkanes of at least 4 members (excludes halogenated alkanes) is 7. The van der Waals surface area contributed by atoms with Gasteiger partial charge in [-0.05, 0) is 25.0 Å². The number of rotatable bonds is 13. The Kier molecular flexibility index (Phi) is 14.9. The number of nitrogens with two attached hydrogens (primary N) is 1. The number of hydrogen-bond donors (Lipinski definition) is 2. The standard InChI is InChI=1S/C12H16O5S.C9H19NO/c1-2-3-4-9-12(13)17-10-7-5-6-8-11(10)18(14,15)16;1-2-3-4-5-6-7-8-9(10)11/h5-8H,2-4,9H2,1H3,(H,14,15,16);2-8H2,1H3,(H2,10,11). The van der Waals surface area contributed by atoms with E-state index in [0.29, 0.717) is 12.8 Å². The minimum absolute atomic E-state index is 0.138. The minimum atomic E-state index is -4.38. The van der Waals surface area contributed by atoms with Crippen LogP contribution in [0.4, 0.5) is 0 Å². The lowest BCUT2D eigenvalue weighted by Gasteiger charge is -2.07. The second kappa shape index (κ2) is 15.9. The van der Waals surface area contributed by atoms with E-state index >= 15 is 0 Å². The van der Waals surface area contributed by atoms with Crippen LogP contribution < -0.4 is 10.5 Å². The molecule has 0 heterocycles. The molecule has 0 aromatic heterocycles. The molecule has 166 valence electrons. The predicted octanol–water partition coefficient (Wildman–Crippen LogP) is 4.64. The third-order valence-electron chi connectivity index (χ3n) is 4.11. The summed E-state index contributed by atoms with van der Waals surface area (Å²) in [4.78, 5) is 21.4. The summed E-state index contributed by atoms with van der Waals surface area (Å²) in [5.41, 5.74) is 4.99. The zero-order valence-corrected chi connectivity index (χ0v) is 18.4. The summed E-state index contributed by atoms with van der Waals surface area (Å²) in [5, 5.41) is 0. The average Bonchev–Trinajstić information content (AvgIpc) is 2.65. The van der Waals surface area contributed by atoms with Crippen molar-refractivity contribution in [3.8, 4) is 5.75 Å². The second-order valence-corrected chi connectivity index (χ2v) is 8.23. The van der Waals surface area contributed by atoms with Crippen LogP contribution >= 0.6 is 0 Å². The van der Waals surface area contributed by atoms with Gasteiger partial charge < -0.3 is 10.5 Å². The van der Waals surface area contributed by atoms with Crippen LogP contribution in [0, 0.1) is 0 Å². The average molecular weight is 430 g/mol. The van der Waals surface area contributed by atoms with Crippen molar-refractivity contribution in [1.29, 1.82) is 0 Å². The smallest absolute Gasteiger partial charge is 0.311 e. The van der Waals surface area contributed by atoms with Gasteiger partial charge in [0.05, 0.1) is 0 Å². The molecule has 1 amide bonds. The van der Waals surface area contributed by atoms with Crippen LogP contribution in [-0.2, 0) is 19.7 Å². The second-order valence-electron chi connectivity index (χ2n) is 6.84. The molecule has 29 heavy (non-hydrogen) atoms. The molecule has 3 N–H and O–H groups in total. The largest absolute Gasteiger partial charge is 0.425 e. The van der Waals surface area contributed by atoms with Crippen molar-refractivity contribution in [2.75, 3.05) is 0 Å². The highest BCUT2D eigenvalue weighted by atomic mass is 32.2. The first-order chi connectivity index (χ1) is 13.7. The van der Waals surface area contributed by atoms with E-state index in [9.17, 15) is 18.0 Å². The van der Waals surface area contributed by atoms with Gasteiger partial charge in [0.1, 0.15) is 4.90 Å². The fourth-order valence-corrected chi connectivity index (χ4v) is 3.13. The number of carbonyl (C=O) groups is 2. The van der Waals surface area contributed by atoms with Crippen molar-refractivity contribution >= 4 is 22.0 Å². The van der Waals surface area contributed by atoms with E-state index in [4.69, 9.17) is 15.0 Å². The number of ether oxygens (including phenoxy) is 1. The van der Waals surface area contributed by atoms with Gasteiger partial charge in [0.2, 0.25) is 5.91 Å². The van der Waals surface area contributed by atoms with Crippen LogP contribution in [0.25, 0.3) is 0 Å². The Morgan fingerprint density at radius 1 is 0.897 bits per heavy atom. The first-order valence-corrected chi connectivity index (χ1v) is 11.7. The van der Waals surface area contributed by atoms with Gasteiger partial charge in [0, 0.05) is 12.8 Å².